The molecule has 1 amide bonds. The van der Waals surface area contributed by atoms with Crippen LogP contribution in [0.1, 0.15) is 36.0 Å². The van der Waals surface area contributed by atoms with E-state index in [-0.39, 0.29) is 18.0 Å². The van der Waals surface area contributed by atoms with Crippen molar-refractivity contribution in [3.8, 4) is 0 Å². The number of benzene rings is 1. The van der Waals surface area contributed by atoms with E-state index in [1.165, 1.54) is 0 Å². The molecule has 1 fully saturated rings. The van der Waals surface area contributed by atoms with Gasteiger partial charge in [0.05, 0.1) is 10.7 Å². The molecule has 0 atom stereocenters. The van der Waals surface area contributed by atoms with E-state index in [1.807, 2.05) is 0 Å². The van der Waals surface area contributed by atoms with Gasteiger partial charge in [0.25, 0.3) is 5.91 Å². The Morgan fingerprint density at radius 2 is 1.94 bits per heavy atom. The molecule has 1 saturated carbocycles. The number of carbonyl (C=O) groups excluding carboxylic acids is 1. The summed E-state index contributed by atoms with van der Waals surface area (Å²) in [7, 11) is 0. The van der Waals surface area contributed by atoms with Gasteiger partial charge in [-0.2, -0.15) is 0 Å². The molecule has 18 heavy (non-hydrogen) atoms. The summed E-state index contributed by atoms with van der Waals surface area (Å²) >= 11 is 5.82. The summed E-state index contributed by atoms with van der Waals surface area (Å²) in [4.78, 5) is 12.0. The van der Waals surface area contributed by atoms with Gasteiger partial charge in [-0.1, -0.05) is 11.6 Å². The van der Waals surface area contributed by atoms with E-state index in [0.29, 0.717) is 16.3 Å². The zero-order valence-corrected chi connectivity index (χ0v) is 10.9. The summed E-state index contributed by atoms with van der Waals surface area (Å²) in [5.41, 5.74) is 12.5. The number of hydrogen-bond acceptors (Lipinski definition) is 3. The van der Waals surface area contributed by atoms with Crippen LogP contribution in [-0.2, 0) is 0 Å². The maximum Gasteiger partial charge on any atom is 0.251 e. The Bertz CT molecular complexity index is 442. The largest absolute Gasteiger partial charge is 0.398 e. The average Bonchev–Trinajstić information content (AvgIpc) is 2.35. The lowest BCUT2D eigenvalue weighted by molar-refractivity contribution is 0.0926. The number of halogens is 1. The maximum atomic E-state index is 12.0. The first kappa shape index (κ1) is 13.2. The topological polar surface area (TPSA) is 81.1 Å². The highest BCUT2D eigenvalue weighted by molar-refractivity contribution is 6.33. The van der Waals surface area contributed by atoms with E-state index in [1.54, 1.807) is 18.2 Å². The van der Waals surface area contributed by atoms with Crippen molar-refractivity contribution in [1.29, 1.82) is 0 Å². The van der Waals surface area contributed by atoms with E-state index in [0.717, 1.165) is 25.7 Å². The summed E-state index contributed by atoms with van der Waals surface area (Å²) < 4.78 is 0. The molecule has 2 rings (SSSR count). The van der Waals surface area contributed by atoms with Crippen molar-refractivity contribution in [3.63, 3.8) is 0 Å². The molecule has 0 saturated heterocycles. The Morgan fingerprint density at radius 3 is 2.56 bits per heavy atom. The number of nitrogens with two attached hydrogens (primary N) is 2. The lowest BCUT2D eigenvalue weighted by Gasteiger charge is -2.26. The molecule has 0 aromatic heterocycles. The van der Waals surface area contributed by atoms with Crippen LogP contribution in [0.4, 0.5) is 5.69 Å². The monoisotopic (exact) mass is 267 g/mol. The van der Waals surface area contributed by atoms with Gasteiger partial charge in [0, 0.05) is 17.6 Å². The molecule has 0 radical (unpaired) electrons. The SMILES string of the molecule is Nc1cc(C(=O)NC2CCC(N)CC2)ccc1Cl. The van der Waals surface area contributed by atoms with E-state index in [9.17, 15) is 4.79 Å². The Kier molecular flexibility index (Phi) is 4.09. The standard InChI is InChI=1S/C13H18ClN3O/c14-11-6-1-8(7-12(11)16)13(18)17-10-4-2-9(15)3-5-10/h1,6-7,9-10H,2-5,15-16H2,(H,17,18). The van der Waals surface area contributed by atoms with Crippen LogP contribution in [0.15, 0.2) is 18.2 Å². The summed E-state index contributed by atoms with van der Waals surface area (Å²) in [6.07, 6.45) is 3.81. The fraction of sp³-hybridized carbons (Fsp3) is 0.462. The molecule has 0 unspecified atom stereocenters. The lowest BCUT2D eigenvalue weighted by Crippen LogP contribution is -2.40. The predicted octanol–water partition coefficient (Wildman–Crippen LogP) is 1.92. The minimum absolute atomic E-state index is 0.0983. The fourth-order valence-electron chi connectivity index (χ4n) is 2.22. The Hall–Kier alpha value is -1.26. The predicted molar refractivity (Wildman–Crippen MR) is 73.6 cm³/mol. The summed E-state index contributed by atoms with van der Waals surface area (Å²) in [5, 5.41) is 3.48. The third-order valence-electron chi connectivity index (χ3n) is 3.37. The molecule has 0 spiro atoms. The van der Waals surface area contributed by atoms with Crippen molar-refractivity contribution in [2.45, 2.75) is 37.8 Å². The second-order valence-corrected chi connectivity index (χ2v) is 5.23. The first-order valence-corrected chi connectivity index (χ1v) is 6.55. The van der Waals surface area contributed by atoms with Crippen LogP contribution in [0, 0.1) is 0 Å². The van der Waals surface area contributed by atoms with Crippen molar-refractivity contribution in [2.75, 3.05) is 5.73 Å². The van der Waals surface area contributed by atoms with Crippen molar-refractivity contribution in [3.05, 3.63) is 28.8 Å². The second kappa shape index (κ2) is 5.59. The summed E-state index contributed by atoms with van der Waals surface area (Å²) in [6.45, 7) is 0. The number of amides is 1. The molecule has 0 aliphatic heterocycles. The lowest BCUT2D eigenvalue weighted by atomic mass is 9.91. The van der Waals surface area contributed by atoms with Gasteiger partial charge >= 0.3 is 0 Å². The molecule has 5 heteroatoms. The zero-order chi connectivity index (χ0) is 13.1. The number of hydrogen-bond donors (Lipinski definition) is 3. The minimum atomic E-state index is -0.0983. The summed E-state index contributed by atoms with van der Waals surface area (Å²) in [6, 6.07) is 5.43. The molecule has 0 heterocycles. The molecule has 1 aromatic rings. The van der Waals surface area contributed by atoms with Crippen molar-refractivity contribution in [1.82, 2.24) is 5.32 Å². The van der Waals surface area contributed by atoms with Crippen molar-refractivity contribution in [2.24, 2.45) is 5.73 Å². The van der Waals surface area contributed by atoms with Gasteiger partial charge in [0.1, 0.15) is 0 Å². The van der Waals surface area contributed by atoms with Crippen LogP contribution in [0.2, 0.25) is 5.02 Å². The third kappa shape index (κ3) is 3.15. The number of anilines is 1. The van der Waals surface area contributed by atoms with Crippen LogP contribution >= 0.6 is 11.6 Å². The molecule has 5 N–H and O–H groups in total. The number of nitrogens with one attached hydrogen (secondary N) is 1. The second-order valence-electron chi connectivity index (χ2n) is 4.82. The van der Waals surface area contributed by atoms with Gasteiger partial charge in [-0.05, 0) is 43.9 Å². The van der Waals surface area contributed by atoms with Gasteiger partial charge in [-0.25, -0.2) is 0 Å². The van der Waals surface area contributed by atoms with Crippen molar-refractivity contribution >= 4 is 23.2 Å². The van der Waals surface area contributed by atoms with Crippen molar-refractivity contribution < 1.29 is 4.79 Å². The van der Waals surface area contributed by atoms with E-state index < -0.39 is 0 Å². The number of rotatable bonds is 2. The maximum absolute atomic E-state index is 12.0. The molecular formula is C13H18ClN3O. The minimum Gasteiger partial charge on any atom is -0.398 e. The average molecular weight is 268 g/mol. The van der Waals surface area contributed by atoms with Crippen LogP contribution in [-0.4, -0.2) is 18.0 Å². The highest BCUT2D eigenvalue weighted by atomic mass is 35.5. The number of nitrogen functional groups attached to an aromatic ring is 1. The van der Waals surface area contributed by atoms with E-state index in [4.69, 9.17) is 23.1 Å². The van der Waals surface area contributed by atoms with E-state index in [2.05, 4.69) is 5.32 Å². The van der Waals surface area contributed by atoms with Crippen LogP contribution < -0.4 is 16.8 Å². The van der Waals surface area contributed by atoms with Crippen LogP contribution in [0.5, 0.6) is 0 Å². The molecule has 1 aliphatic rings. The van der Waals surface area contributed by atoms with Gasteiger partial charge in [-0.3, -0.25) is 4.79 Å². The van der Waals surface area contributed by atoms with Gasteiger partial charge < -0.3 is 16.8 Å². The fourth-order valence-corrected chi connectivity index (χ4v) is 2.33. The first-order valence-electron chi connectivity index (χ1n) is 6.17. The summed E-state index contributed by atoms with van der Waals surface area (Å²) in [5.74, 6) is -0.0983. The molecule has 4 nitrogen and oxygen atoms in total. The smallest absolute Gasteiger partial charge is 0.251 e. The third-order valence-corrected chi connectivity index (χ3v) is 3.71. The normalized spacial score (nSPS) is 23.7. The molecule has 1 aromatic carbocycles. The zero-order valence-electron chi connectivity index (χ0n) is 10.2. The number of carbonyl (C=O) groups is 1. The molecule has 98 valence electrons. The first-order chi connectivity index (χ1) is 8.56. The highest BCUT2D eigenvalue weighted by Crippen LogP contribution is 2.21. The quantitative estimate of drug-likeness (QED) is 0.716. The molecule has 0 bridgehead atoms. The Labute approximate surface area is 112 Å². The van der Waals surface area contributed by atoms with Gasteiger partial charge in [0.2, 0.25) is 0 Å². The Balaban J connectivity index is 1.97. The van der Waals surface area contributed by atoms with Gasteiger partial charge in [0.15, 0.2) is 0 Å². The molecular weight excluding hydrogens is 250 g/mol. The van der Waals surface area contributed by atoms with Gasteiger partial charge in [-0.15, -0.1) is 0 Å². The van der Waals surface area contributed by atoms with Crippen LogP contribution in [0.25, 0.3) is 0 Å². The highest BCUT2D eigenvalue weighted by Gasteiger charge is 2.20. The van der Waals surface area contributed by atoms with E-state index >= 15 is 0 Å². The van der Waals surface area contributed by atoms with Crippen LogP contribution in [0.3, 0.4) is 0 Å². The Morgan fingerprint density at radius 1 is 1.28 bits per heavy atom. The molecule has 1 aliphatic carbocycles.